The summed E-state index contributed by atoms with van der Waals surface area (Å²) in [5, 5.41) is 0. The zero-order valence-electron chi connectivity index (χ0n) is 8.90. The van der Waals surface area contributed by atoms with Gasteiger partial charge in [0.15, 0.2) is 0 Å². The molecular weight excluding hydrogens is 347 g/mol. The molecule has 0 aliphatic rings. The maximum Gasteiger partial charge on any atom is 0.461 e. The van der Waals surface area contributed by atoms with Crippen molar-refractivity contribution < 1.29 is 61.8 Å². The second-order valence-electron chi connectivity index (χ2n) is 3.20. The first-order valence-corrected chi connectivity index (χ1v) is 4.21. The van der Waals surface area contributed by atoms with Crippen molar-refractivity contribution in [3.05, 3.63) is 11.8 Å². The molecule has 21 heavy (non-hydrogen) atoms. The number of alkyl halides is 11. The van der Waals surface area contributed by atoms with Crippen LogP contribution in [0.25, 0.3) is 0 Å². The van der Waals surface area contributed by atoms with Crippen LogP contribution in [0.5, 0.6) is 0 Å². The SMILES string of the molecule is FC(F)=C(OC(F)(F)C(F)F)C(F)(F)C(F)(F)C(F)(F)F. The van der Waals surface area contributed by atoms with E-state index in [1.165, 1.54) is 0 Å². The van der Waals surface area contributed by atoms with E-state index in [1.54, 1.807) is 0 Å². The first kappa shape index (κ1) is 19.6. The lowest BCUT2D eigenvalue weighted by Gasteiger charge is -2.30. The van der Waals surface area contributed by atoms with Crippen LogP contribution in [0.2, 0.25) is 0 Å². The Morgan fingerprint density at radius 3 is 1.38 bits per heavy atom. The van der Waals surface area contributed by atoms with Gasteiger partial charge < -0.3 is 4.74 Å². The molecule has 1 nitrogen and oxygen atoms in total. The molecule has 0 bridgehead atoms. The molecule has 0 aliphatic heterocycles. The highest BCUT2D eigenvalue weighted by Gasteiger charge is 2.77. The van der Waals surface area contributed by atoms with Crippen LogP contribution in [-0.4, -0.2) is 30.6 Å². The number of hydrogen-bond acceptors (Lipinski definition) is 1. The number of allylic oxidation sites excluding steroid dienone is 1. The molecule has 14 heteroatoms. The molecule has 0 N–H and O–H groups in total. The van der Waals surface area contributed by atoms with Crippen LogP contribution >= 0.6 is 0 Å². The quantitative estimate of drug-likeness (QED) is 0.512. The Kier molecular flexibility index (Phi) is 5.08. The first-order chi connectivity index (χ1) is 8.98. The molecule has 0 fully saturated rings. The van der Waals surface area contributed by atoms with Crippen LogP contribution in [-0.2, 0) is 4.74 Å². The lowest BCUT2D eigenvalue weighted by atomic mass is 10.1. The third kappa shape index (κ3) is 3.64. The van der Waals surface area contributed by atoms with Crippen molar-refractivity contribution in [2.24, 2.45) is 0 Å². The molecule has 0 atom stereocenters. The van der Waals surface area contributed by atoms with Gasteiger partial charge in [0.05, 0.1) is 0 Å². The summed E-state index contributed by atoms with van der Waals surface area (Å²) in [4.78, 5) is 0. The molecule has 0 saturated carbocycles. The Morgan fingerprint density at radius 1 is 0.762 bits per heavy atom. The largest absolute Gasteiger partial charge is 0.461 e. The molecule has 0 rings (SSSR count). The fourth-order valence-corrected chi connectivity index (χ4v) is 0.723. The van der Waals surface area contributed by atoms with Crippen LogP contribution < -0.4 is 0 Å². The summed E-state index contributed by atoms with van der Waals surface area (Å²) in [6, 6.07) is 0. The van der Waals surface area contributed by atoms with Crippen LogP contribution in [0.15, 0.2) is 11.8 Å². The molecule has 0 radical (unpaired) electrons. The molecule has 0 aliphatic carbocycles. The van der Waals surface area contributed by atoms with Gasteiger partial charge in [0.25, 0.3) is 0 Å². The Hall–Kier alpha value is -1.37. The molecule has 0 saturated heterocycles. The third-order valence-corrected chi connectivity index (χ3v) is 1.70. The van der Waals surface area contributed by atoms with E-state index in [0.29, 0.717) is 0 Å². The van der Waals surface area contributed by atoms with E-state index in [2.05, 4.69) is 0 Å². The molecule has 0 amide bonds. The fourth-order valence-electron chi connectivity index (χ4n) is 0.723. The van der Waals surface area contributed by atoms with Crippen molar-refractivity contribution in [1.29, 1.82) is 0 Å². The van der Waals surface area contributed by atoms with E-state index in [4.69, 9.17) is 0 Å². The molecular formula is C7HF13O. The van der Waals surface area contributed by atoms with Crippen molar-refractivity contribution in [1.82, 2.24) is 0 Å². The smallest absolute Gasteiger partial charge is 0.420 e. The van der Waals surface area contributed by atoms with Crippen molar-refractivity contribution >= 4 is 0 Å². The van der Waals surface area contributed by atoms with E-state index in [9.17, 15) is 57.1 Å². The van der Waals surface area contributed by atoms with Gasteiger partial charge in [-0.2, -0.15) is 57.1 Å². The zero-order chi connectivity index (χ0) is 17.4. The van der Waals surface area contributed by atoms with Gasteiger partial charge in [-0.05, 0) is 0 Å². The van der Waals surface area contributed by atoms with Gasteiger partial charge in [0.2, 0.25) is 5.76 Å². The topological polar surface area (TPSA) is 9.23 Å². The summed E-state index contributed by atoms with van der Waals surface area (Å²) in [5.74, 6) is -18.5. The normalized spacial score (nSPS) is 14.4. The molecule has 0 aromatic rings. The molecule has 0 aromatic carbocycles. The highest BCUT2D eigenvalue weighted by Crippen LogP contribution is 2.52. The van der Waals surface area contributed by atoms with Crippen LogP contribution in [0, 0.1) is 0 Å². The Morgan fingerprint density at radius 2 is 1.14 bits per heavy atom. The second-order valence-corrected chi connectivity index (χ2v) is 3.20. The maximum absolute atomic E-state index is 12.7. The van der Waals surface area contributed by atoms with Gasteiger partial charge in [0, 0.05) is 0 Å². The third-order valence-electron chi connectivity index (χ3n) is 1.70. The predicted octanol–water partition coefficient (Wildman–Crippen LogP) is 4.80. The van der Waals surface area contributed by atoms with Gasteiger partial charge in [-0.25, -0.2) is 0 Å². The molecule has 0 heterocycles. The highest BCUT2D eigenvalue weighted by atomic mass is 19.4. The maximum atomic E-state index is 12.7. The Bertz CT molecular complexity index is 401. The van der Waals surface area contributed by atoms with Gasteiger partial charge >= 0.3 is 36.6 Å². The summed E-state index contributed by atoms with van der Waals surface area (Å²) in [5.41, 5.74) is 0. The number of hydrogen-bond donors (Lipinski definition) is 0. The van der Waals surface area contributed by atoms with E-state index >= 15 is 0 Å². The van der Waals surface area contributed by atoms with E-state index in [-0.39, 0.29) is 0 Å². The summed E-state index contributed by atoms with van der Waals surface area (Å²) in [7, 11) is 0. The Labute approximate surface area is 106 Å². The standard InChI is InChI=1S/C7HF13O/c8-2(9)1(21-5(14,15)3(10)11)4(12,13)6(16,17)7(18,19)20/h3H. The number of rotatable bonds is 5. The summed E-state index contributed by atoms with van der Waals surface area (Å²) >= 11 is 0. The van der Waals surface area contributed by atoms with Gasteiger partial charge in [-0.15, -0.1) is 0 Å². The average Bonchev–Trinajstić information content (AvgIpc) is 2.23. The minimum atomic E-state index is -7.28. The molecule has 0 spiro atoms. The molecule has 0 unspecified atom stereocenters. The van der Waals surface area contributed by atoms with E-state index in [0.717, 1.165) is 0 Å². The molecule has 0 aromatic heterocycles. The summed E-state index contributed by atoms with van der Waals surface area (Å²) in [6.45, 7) is 0. The van der Waals surface area contributed by atoms with Gasteiger partial charge in [-0.3, -0.25) is 0 Å². The lowest BCUT2D eigenvalue weighted by Crippen LogP contribution is -2.54. The Balaban J connectivity index is 5.89. The molecule has 126 valence electrons. The average molecular weight is 348 g/mol. The fraction of sp³-hybridized carbons (Fsp3) is 0.714. The van der Waals surface area contributed by atoms with Gasteiger partial charge in [-0.1, -0.05) is 0 Å². The van der Waals surface area contributed by atoms with Crippen LogP contribution in [0.4, 0.5) is 57.1 Å². The van der Waals surface area contributed by atoms with Crippen molar-refractivity contribution in [3.63, 3.8) is 0 Å². The first-order valence-electron chi connectivity index (χ1n) is 4.21. The monoisotopic (exact) mass is 348 g/mol. The lowest BCUT2D eigenvalue weighted by molar-refractivity contribution is -0.366. The second kappa shape index (κ2) is 5.44. The van der Waals surface area contributed by atoms with Gasteiger partial charge in [0.1, 0.15) is 0 Å². The van der Waals surface area contributed by atoms with Crippen LogP contribution in [0.3, 0.4) is 0 Å². The zero-order valence-corrected chi connectivity index (χ0v) is 8.90. The summed E-state index contributed by atoms with van der Waals surface area (Å²) < 4.78 is 158. The minimum Gasteiger partial charge on any atom is -0.420 e. The highest BCUT2D eigenvalue weighted by molar-refractivity contribution is 5.14. The summed E-state index contributed by atoms with van der Waals surface area (Å²) in [6.07, 6.45) is -22.6. The van der Waals surface area contributed by atoms with Crippen molar-refractivity contribution in [2.45, 2.75) is 30.6 Å². The predicted molar refractivity (Wildman–Crippen MR) is 37.2 cm³/mol. The van der Waals surface area contributed by atoms with Crippen molar-refractivity contribution in [3.8, 4) is 0 Å². The minimum absolute atomic E-state index is 2.02. The van der Waals surface area contributed by atoms with E-state index in [1.807, 2.05) is 4.74 Å². The van der Waals surface area contributed by atoms with Crippen molar-refractivity contribution in [2.75, 3.05) is 0 Å². The van der Waals surface area contributed by atoms with Crippen LogP contribution in [0.1, 0.15) is 0 Å². The van der Waals surface area contributed by atoms with E-state index < -0.39 is 42.4 Å². The number of halogens is 13. The number of ether oxygens (including phenoxy) is 1.